The molecule has 1 fully saturated rings. The van der Waals surface area contributed by atoms with Gasteiger partial charge in [-0.05, 0) is 32.4 Å². The van der Waals surface area contributed by atoms with Crippen molar-refractivity contribution in [1.29, 1.82) is 0 Å². The number of hydrogen-bond donors (Lipinski definition) is 2. The van der Waals surface area contributed by atoms with Crippen molar-refractivity contribution in [2.45, 2.75) is 32.4 Å². The van der Waals surface area contributed by atoms with Crippen molar-refractivity contribution in [2.24, 2.45) is 0 Å². The third-order valence-electron chi connectivity index (χ3n) is 3.52. The Labute approximate surface area is 122 Å². The minimum absolute atomic E-state index is 0.0137. The first-order valence-electron chi connectivity index (χ1n) is 6.97. The molecule has 2 rings (SSSR count). The van der Waals surface area contributed by atoms with Crippen molar-refractivity contribution in [3.05, 3.63) is 33.9 Å². The number of nitro groups is 1. The highest BCUT2D eigenvalue weighted by Gasteiger charge is 2.26. The molecule has 2 N–H and O–H groups in total. The molecule has 7 heteroatoms. The zero-order valence-corrected chi connectivity index (χ0v) is 12.1. The average molecular weight is 293 g/mol. The maximum atomic E-state index is 12.2. The minimum atomic E-state index is -0.466. The maximum Gasteiger partial charge on any atom is 0.292 e. The van der Waals surface area contributed by atoms with Crippen LogP contribution in [0.15, 0.2) is 18.2 Å². The molecule has 2 atom stereocenters. The lowest BCUT2D eigenvalue weighted by Crippen LogP contribution is -2.39. The normalized spacial score (nSPS) is 21.0. The fourth-order valence-electron chi connectivity index (χ4n) is 2.34. The summed E-state index contributed by atoms with van der Waals surface area (Å²) in [7, 11) is 0. The molecule has 0 bridgehead atoms. The number of nitrogens with one attached hydrogen (secondary N) is 2. The number of amides is 1. The van der Waals surface area contributed by atoms with Crippen molar-refractivity contribution in [3.8, 4) is 0 Å². The number of ether oxygens (including phenoxy) is 1. The summed E-state index contributed by atoms with van der Waals surface area (Å²) in [5, 5.41) is 16.8. The molecule has 1 heterocycles. The van der Waals surface area contributed by atoms with Gasteiger partial charge in [0.25, 0.3) is 11.6 Å². The van der Waals surface area contributed by atoms with Gasteiger partial charge in [0.15, 0.2) is 0 Å². The molecule has 1 saturated heterocycles. The summed E-state index contributed by atoms with van der Waals surface area (Å²) >= 11 is 0. The number of rotatable bonds is 5. The van der Waals surface area contributed by atoms with Gasteiger partial charge < -0.3 is 15.4 Å². The van der Waals surface area contributed by atoms with Gasteiger partial charge in [-0.2, -0.15) is 0 Å². The highest BCUT2D eigenvalue weighted by atomic mass is 16.6. The molecule has 0 aliphatic carbocycles. The molecule has 0 radical (unpaired) electrons. The molecule has 1 aromatic rings. The van der Waals surface area contributed by atoms with Crippen molar-refractivity contribution >= 4 is 17.3 Å². The number of nitro benzene ring substituents is 1. The van der Waals surface area contributed by atoms with E-state index in [4.69, 9.17) is 4.74 Å². The van der Waals surface area contributed by atoms with Crippen LogP contribution in [0.2, 0.25) is 0 Å². The van der Waals surface area contributed by atoms with Crippen LogP contribution >= 0.6 is 0 Å². The molecule has 1 aliphatic heterocycles. The molecule has 7 nitrogen and oxygen atoms in total. The summed E-state index contributed by atoms with van der Waals surface area (Å²) in [5.41, 5.74) is 0.715. The van der Waals surface area contributed by atoms with Crippen LogP contribution in [0.25, 0.3) is 0 Å². The average Bonchev–Trinajstić information content (AvgIpc) is 2.84. The summed E-state index contributed by atoms with van der Waals surface area (Å²) in [5.74, 6) is -0.244. The van der Waals surface area contributed by atoms with Crippen LogP contribution in [0.4, 0.5) is 11.4 Å². The van der Waals surface area contributed by atoms with Gasteiger partial charge in [-0.15, -0.1) is 0 Å². The number of anilines is 1. The van der Waals surface area contributed by atoms with E-state index in [0.29, 0.717) is 24.4 Å². The maximum absolute atomic E-state index is 12.2. The highest BCUT2D eigenvalue weighted by molar-refractivity contribution is 5.96. The van der Waals surface area contributed by atoms with Crippen LogP contribution in [-0.4, -0.2) is 36.1 Å². The molecular weight excluding hydrogens is 274 g/mol. The monoisotopic (exact) mass is 293 g/mol. The molecule has 1 aliphatic rings. The predicted octanol–water partition coefficient (Wildman–Crippen LogP) is 1.93. The Balaban J connectivity index is 2.17. The van der Waals surface area contributed by atoms with Crippen molar-refractivity contribution < 1.29 is 14.5 Å². The van der Waals surface area contributed by atoms with Crippen molar-refractivity contribution in [1.82, 2.24) is 5.32 Å². The van der Waals surface area contributed by atoms with Crippen molar-refractivity contribution in [2.75, 3.05) is 18.5 Å². The van der Waals surface area contributed by atoms with Crippen LogP contribution in [-0.2, 0) is 4.74 Å². The van der Waals surface area contributed by atoms with E-state index in [-0.39, 0.29) is 23.7 Å². The molecule has 1 amide bonds. The first kappa shape index (κ1) is 15.2. The van der Waals surface area contributed by atoms with Gasteiger partial charge in [0, 0.05) is 24.8 Å². The van der Waals surface area contributed by atoms with E-state index in [1.54, 1.807) is 0 Å². The fourth-order valence-corrected chi connectivity index (χ4v) is 2.34. The lowest BCUT2D eigenvalue weighted by atomic mass is 10.1. The first-order chi connectivity index (χ1) is 10.0. The second-order valence-electron chi connectivity index (χ2n) is 4.96. The molecule has 0 saturated carbocycles. The lowest BCUT2D eigenvalue weighted by Gasteiger charge is -2.16. The molecule has 0 aromatic heterocycles. The third-order valence-corrected chi connectivity index (χ3v) is 3.52. The summed E-state index contributed by atoms with van der Waals surface area (Å²) < 4.78 is 5.40. The Kier molecular flexibility index (Phi) is 4.74. The van der Waals surface area contributed by atoms with Crippen molar-refractivity contribution in [3.63, 3.8) is 0 Å². The smallest absolute Gasteiger partial charge is 0.292 e. The van der Waals surface area contributed by atoms with Gasteiger partial charge in [0.1, 0.15) is 5.69 Å². The predicted molar refractivity (Wildman–Crippen MR) is 78.5 cm³/mol. The Morgan fingerprint density at radius 2 is 2.29 bits per heavy atom. The van der Waals surface area contributed by atoms with Gasteiger partial charge in [0.05, 0.1) is 17.1 Å². The standard InChI is InChI=1S/C14H19N3O4/c1-3-15-12-8-10(4-5-13(12)17(19)20)14(18)16-11-6-7-21-9(11)2/h4-5,8-9,11,15H,3,6-7H2,1-2H3,(H,16,18). The number of carbonyl (C=O) groups is 1. The zero-order valence-electron chi connectivity index (χ0n) is 12.1. The summed E-state index contributed by atoms with van der Waals surface area (Å²) in [6, 6.07) is 4.31. The minimum Gasteiger partial charge on any atom is -0.380 e. The van der Waals surface area contributed by atoms with E-state index in [0.717, 1.165) is 6.42 Å². The largest absolute Gasteiger partial charge is 0.380 e. The van der Waals surface area contributed by atoms with E-state index in [9.17, 15) is 14.9 Å². The van der Waals surface area contributed by atoms with Gasteiger partial charge in [0.2, 0.25) is 0 Å². The highest BCUT2D eigenvalue weighted by Crippen LogP contribution is 2.25. The van der Waals surface area contributed by atoms with E-state index >= 15 is 0 Å². The molecule has 2 unspecified atom stereocenters. The Morgan fingerprint density at radius 3 is 2.86 bits per heavy atom. The Hall–Kier alpha value is -2.15. The number of benzene rings is 1. The summed E-state index contributed by atoms with van der Waals surface area (Å²) in [4.78, 5) is 22.7. The second-order valence-corrected chi connectivity index (χ2v) is 4.96. The molecular formula is C14H19N3O4. The van der Waals surface area contributed by atoms with Gasteiger partial charge >= 0.3 is 0 Å². The molecule has 114 valence electrons. The summed E-state index contributed by atoms with van der Waals surface area (Å²) in [6.07, 6.45) is 0.764. The Morgan fingerprint density at radius 1 is 1.52 bits per heavy atom. The SMILES string of the molecule is CCNc1cc(C(=O)NC2CCOC2C)ccc1[N+](=O)[O-]. The first-order valence-corrected chi connectivity index (χ1v) is 6.97. The second kappa shape index (κ2) is 6.53. The van der Waals surface area contributed by atoms with E-state index < -0.39 is 4.92 Å². The van der Waals surface area contributed by atoms with Crippen LogP contribution in [0.5, 0.6) is 0 Å². The topological polar surface area (TPSA) is 93.5 Å². The molecule has 1 aromatic carbocycles. The van der Waals surface area contributed by atoms with Gasteiger partial charge in [-0.3, -0.25) is 14.9 Å². The van der Waals surface area contributed by atoms with E-state index in [1.807, 2.05) is 13.8 Å². The van der Waals surface area contributed by atoms with E-state index in [1.165, 1.54) is 18.2 Å². The zero-order chi connectivity index (χ0) is 15.4. The van der Waals surface area contributed by atoms with Crippen LogP contribution in [0, 0.1) is 10.1 Å². The van der Waals surface area contributed by atoms with Gasteiger partial charge in [-0.25, -0.2) is 0 Å². The van der Waals surface area contributed by atoms with Gasteiger partial charge in [-0.1, -0.05) is 0 Å². The summed E-state index contributed by atoms with van der Waals surface area (Å²) in [6.45, 7) is 4.93. The quantitative estimate of drug-likeness (QED) is 0.639. The number of hydrogen-bond acceptors (Lipinski definition) is 5. The van der Waals surface area contributed by atoms with Crippen LogP contribution < -0.4 is 10.6 Å². The Bertz CT molecular complexity index is 547. The van der Waals surface area contributed by atoms with Crippen LogP contribution in [0.1, 0.15) is 30.6 Å². The fraction of sp³-hybridized carbons (Fsp3) is 0.500. The molecule has 0 spiro atoms. The number of carbonyl (C=O) groups excluding carboxylic acids is 1. The van der Waals surface area contributed by atoms with Crippen LogP contribution in [0.3, 0.4) is 0 Å². The third kappa shape index (κ3) is 3.49. The lowest BCUT2D eigenvalue weighted by molar-refractivity contribution is -0.384. The van der Waals surface area contributed by atoms with E-state index in [2.05, 4.69) is 10.6 Å². The number of nitrogens with zero attached hydrogens (tertiary/aromatic N) is 1. The molecule has 21 heavy (non-hydrogen) atoms.